The van der Waals surface area contributed by atoms with Crippen molar-refractivity contribution in [1.82, 2.24) is 4.90 Å². The van der Waals surface area contributed by atoms with Crippen molar-refractivity contribution in [3.05, 3.63) is 64.2 Å². The number of methoxy groups -OCH3 is 1. The SMILES string of the molecule is CCOc1ccc(C([O-])=C2C(=O)C(=O)N(CCC[NH+](CC)CC)C2c2ccccc2OC)cc1Cl. The Morgan fingerprint density at radius 2 is 1.80 bits per heavy atom. The molecule has 0 spiro atoms. The van der Waals surface area contributed by atoms with Crippen LogP contribution in [-0.4, -0.2) is 56.5 Å². The molecule has 0 bridgehead atoms. The molecule has 8 heteroatoms. The normalized spacial score (nSPS) is 17.3. The summed E-state index contributed by atoms with van der Waals surface area (Å²) >= 11 is 6.31. The van der Waals surface area contributed by atoms with E-state index in [0.717, 1.165) is 19.6 Å². The molecule has 1 heterocycles. The van der Waals surface area contributed by atoms with E-state index in [1.165, 1.54) is 23.0 Å². The summed E-state index contributed by atoms with van der Waals surface area (Å²) in [4.78, 5) is 29.3. The average molecular weight is 501 g/mol. The fourth-order valence-corrected chi connectivity index (χ4v) is 4.72. The number of nitrogens with one attached hydrogen (secondary N) is 1. The molecular weight excluding hydrogens is 468 g/mol. The van der Waals surface area contributed by atoms with E-state index in [1.807, 2.05) is 13.0 Å². The first-order valence-electron chi connectivity index (χ1n) is 12.0. The number of Topliss-reactive ketones (excluding diaryl/α,β-unsaturated/α-hetero) is 1. The Morgan fingerprint density at radius 3 is 2.43 bits per heavy atom. The van der Waals surface area contributed by atoms with Crippen LogP contribution in [0.1, 0.15) is 44.4 Å². The maximum atomic E-state index is 13.6. The van der Waals surface area contributed by atoms with Gasteiger partial charge in [-0.3, -0.25) is 9.59 Å². The van der Waals surface area contributed by atoms with Gasteiger partial charge in [0.1, 0.15) is 11.5 Å². The summed E-state index contributed by atoms with van der Waals surface area (Å²) in [6.07, 6.45) is 0.706. The molecule has 1 fully saturated rings. The van der Waals surface area contributed by atoms with Crippen LogP contribution in [0, 0.1) is 0 Å². The number of nitrogens with zero attached hydrogens (tertiary/aromatic N) is 1. The second kappa shape index (κ2) is 12.1. The van der Waals surface area contributed by atoms with Crippen LogP contribution in [0.4, 0.5) is 0 Å². The van der Waals surface area contributed by atoms with Gasteiger partial charge >= 0.3 is 0 Å². The van der Waals surface area contributed by atoms with Crippen LogP contribution >= 0.6 is 11.6 Å². The minimum Gasteiger partial charge on any atom is -0.872 e. The molecule has 1 aliphatic heterocycles. The predicted octanol–water partition coefficient (Wildman–Crippen LogP) is 2.29. The third-order valence-electron chi connectivity index (χ3n) is 6.39. The van der Waals surface area contributed by atoms with Crippen LogP contribution in [0.25, 0.3) is 5.76 Å². The van der Waals surface area contributed by atoms with Gasteiger partial charge in [-0.2, -0.15) is 0 Å². The van der Waals surface area contributed by atoms with Crippen molar-refractivity contribution >= 4 is 29.1 Å². The number of likely N-dealkylation sites (tertiary alicyclic amines) is 1. The zero-order valence-electron chi connectivity index (χ0n) is 20.7. The van der Waals surface area contributed by atoms with Crippen molar-refractivity contribution in [2.24, 2.45) is 0 Å². The topological polar surface area (TPSA) is 83.3 Å². The number of carbonyl (C=O) groups excluding carboxylic acids is 2. The van der Waals surface area contributed by atoms with Crippen molar-refractivity contribution < 1.29 is 29.1 Å². The maximum Gasteiger partial charge on any atom is 0.295 e. The Morgan fingerprint density at radius 1 is 1.09 bits per heavy atom. The Balaban J connectivity index is 2.08. The molecule has 7 nitrogen and oxygen atoms in total. The molecule has 0 aromatic heterocycles. The molecule has 1 atom stereocenters. The summed E-state index contributed by atoms with van der Waals surface area (Å²) < 4.78 is 11.0. The van der Waals surface area contributed by atoms with Gasteiger partial charge in [0.15, 0.2) is 0 Å². The van der Waals surface area contributed by atoms with E-state index in [2.05, 4.69) is 13.8 Å². The van der Waals surface area contributed by atoms with Gasteiger partial charge in [0.05, 0.1) is 44.4 Å². The van der Waals surface area contributed by atoms with E-state index >= 15 is 0 Å². The minimum atomic E-state index is -0.837. The van der Waals surface area contributed by atoms with Gasteiger partial charge < -0.3 is 24.4 Å². The Hall–Kier alpha value is -3.03. The number of halogens is 1. The molecule has 1 saturated heterocycles. The van der Waals surface area contributed by atoms with Crippen molar-refractivity contribution in [2.45, 2.75) is 33.2 Å². The van der Waals surface area contributed by atoms with E-state index < -0.39 is 23.5 Å². The molecule has 1 aliphatic rings. The molecule has 35 heavy (non-hydrogen) atoms. The third kappa shape index (κ3) is 5.63. The molecule has 1 N–H and O–H groups in total. The highest BCUT2D eigenvalue weighted by molar-refractivity contribution is 6.46. The number of carbonyl (C=O) groups is 2. The van der Waals surface area contributed by atoms with Gasteiger partial charge in [0, 0.05) is 24.1 Å². The van der Waals surface area contributed by atoms with Gasteiger partial charge in [0.2, 0.25) is 5.78 Å². The van der Waals surface area contributed by atoms with E-state index in [1.54, 1.807) is 30.3 Å². The first-order valence-corrected chi connectivity index (χ1v) is 12.4. The zero-order chi connectivity index (χ0) is 25.5. The fraction of sp³-hybridized carbons (Fsp3) is 0.407. The van der Waals surface area contributed by atoms with Gasteiger partial charge in [-0.25, -0.2) is 0 Å². The smallest absolute Gasteiger partial charge is 0.295 e. The number of hydrogen-bond donors (Lipinski definition) is 1. The van der Waals surface area contributed by atoms with Crippen LogP contribution in [0.15, 0.2) is 48.0 Å². The average Bonchev–Trinajstić information content (AvgIpc) is 3.12. The fourth-order valence-electron chi connectivity index (χ4n) is 4.49. The molecule has 1 amide bonds. The van der Waals surface area contributed by atoms with Crippen LogP contribution in [-0.2, 0) is 9.59 Å². The van der Waals surface area contributed by atoms with Crippen molar-refractivity contribution in [3.63, 3.8) is 0 Å². The van der Waals surface area contributed by atoms with Crippen LogP contribution in [0.2, 0.25) is 5.02 Å². The second-order valence-electron chi connectivity index (χ2n) is 8.35. The molecule has 0 radical (unpaired) electrons. The molecule has 0 saturated carbocycles. The summed E-state index contributed by atoms with van der Waals surface area (Å²) in [7, 11) is 1.53. The van der Waals surface area contributed by atoms with Gasteiger partial charge in [-0.1, -0.05) is 41.6 Å². The molecule has 0 aliphatic carbocycles. The molecule has 3 rings (SSSR count). The lowest BCUT2D eigenvalue weighted by atomic mass is 9.94. The largest absolute Gasteiger partial charge is 0.872 e. The van der Waals surface area contributed by atoms with Crippen molar-refractivity contribution in [3.8, 4) is 11.5 Å². The first-order chi connectivity index (χ1) is 16.9. The monoisotopic (exact) mass is 500 g/mol. The van der Waals surface area contributed by atoms with Gasteiger partial charge in [-0.15, -0.1) is 0 Å². The van der Waals surface area contributed by atoms with Gasteiger partial charge in [-0.05, 0) is 44.5 Å². The molecular formula is C27H33ClN2O5. The number of rotatable bonds is 11. The molecule has 1 unspecified atom stereocenters. The minimum absolute atomic E-state index is 0.0880. The van der Waals surface area contributed by atoms with E-state index in [-0.39, 0.29) is 16.2 Å². The first kappa shape index (κ1) is 26.6. The molecule has 188 valence electrons. The second-order valence-corrected chi connectivity index (χ2v) is 8.76. The van der Waals surface area contributed by atoms with Crippen LogP contribution < -0.4 is 19.5 Å². The van der Waals surface area contributed by atoms with Crippen molar-refractivity contribution in [2.75, 3.05) is 39.9 Å². The third-order valence-corrected chi connectivity index (χ3v) is 6.68. The number of benzene rings is 2. The van der Waals surface area contributed by atoms with E-state index in [4.69, 9.17) is 21.1 Å². The standard InChI is InChI=1S/C27H33ClN2O5/c1-5-29(6-2)15-10-16-30-24(19-11-8-9-12-21(19)34-4)23(26(32)27(30)33)25(31)18-13-14-22(35-7-3)20(28)17-18/h8-9,11-14,17,24,31H,5-7,10,15-16H2,1-4H3. The summed E-state index contributed by atoms with van der Waals surface area (Å²) in [6, 6.07) is 11.0. The lowest BCUT2D eigenvalue weighted by Gasteiger charge is -2.29. The lowest BCUT2D eigenvalue weighted by Crippen LogP contribution is -3.11. The number of ether oxygens (including phenoxy) is 2. The highest BCUT2D eigenvalue weighted by atomic mass is 35.5. The summed E-state index contributed by atoms with van der Waals surface area (Å²) in [5, 5.41) is 13.9. The number of para-hydroxylation sites is 1. The van der Waals surface area contributed by atoms with Crippen LogP contribution in [0.5, 0.6) is 11.5 Å². The Labute approximate surface area is 211 Å². The maximum absolute atomic E-state index is 13.6. The number of ketones is 1. The predicted molar refractivity (Wildman–Crippen MR) is 134 cm³/mol. The van der Waals surface area contributed by atoms with Gasteiger partial charge in [0.25, 0.3) is 5.91 Å². The summed E-state index contributed by atoms with van der Waals surface area (Å²) in [6.45, 7) is 9.68. The van der Waals surface area contributed by atoms with Crippen LogP contribution in [0.3, 0.4) is 0 Å². The number of hydrogen-bond acceptors (Lipinski definition) is 5. The number of quaternary nitrogens is 1. The zero-order valence-corrected chi connectivity index (χ0v) is 21.5. The van der Waals surface area contributed by atoms with E-state index in [9.17, 15) is 14.7 Å². The number of amides is 1. The quantitative estimate of drug-likeness (QED) is 0.291. The molecule has 2 aromatic rings. The highest BCUT2D eigenvalue weighted by Crippen LogP contribution is 2.42. The molecule has 2 aromatic carbocycles. The summed E-state index contributed by atoms with van der Waals surface area (Å²) in [5.74, 6) is -1.02. The van der Waals surface area contributed by atoms with Crippen molar-refractivity contribution in [1.29, 1.82) is 0 Å². The highest BCUT2D eigenvalue weighted by Gasteiger charge is 2.45. The van der Waals surface area contributed by atoms with E-state index in [0.29, 0.717) is 36.6 Å². The Bertz CT molecular complexity index is 1100. The lowest BCUT2D eigenvalue weighted by molar-refractivity contribution is -0.896. The Kier molecular flexibility index (Phi) is 9.18. The summed E-state index contributed by atoms with van der Waals surface area (Å²) in [5.41, 5.74) is 0.739.